The molecule has 1 aromatic heterocycles. The van der Waals surface area contributed by atoms with Crippen molar-refractivity contribution in [3.8, 4) is 11.5 Å². The summed E-state index contributed by atoms with van der Waals surface area (Å²) < 4.78 is 17.1. The van der Waals surface area contributed by atoms with Gasteiger partial charge in [-0.2, -0.15) is 0 Å². The Morgan fingerprint density at radius 2 is 2.07 bits per heavy atom. The van der Waals surface area contributed by atoms with Gasteiger partial charge in [-0.15, -0.1) is 0 Å². The molecule has 0 bridgehead atoms. The second-order valence-corrected chi connectivity index (χ2v) is 7.52. The lowest BCUT2D eigenvalue weighted by molar-refractivity contribution is -0.121. The lowest BCUT2D eigenvalue weighted by Gasteiger charge is -2.29. The summed E-state index contributed by atoms with van der Waals surface area (Å²) in [4.78, 5) is 26.3. The zero-order valence-corrected chi connectivity index (χ0v) is 17.8. The Labute approximate surface area is 181 Å². The number of furan rings is 1. The molecule has 154 valence electrons. The van der Waals surface area contributed by atoms with Crippen LogP contribution in [0.25, 0.3) is 0 Å². The average molecular weight is 471 g/mol. The van der Waals surface area contributed by atoms with E-state index in [1.54, 1.807) is 35.2 Å². The molecule has 0 saturated heterocycles. The second kappa shape index (κ2) is 8.62. The molecule has 2 heterocycles. The molecule has 2 aromatic carbocycles. The van der Waals surface area contributed by atoms with Gasteiger partial charge < -0.3 is 24.1 Å². The Balaban J connectivity index is 1.44. The molecule has 4 rings (SSSR count). The predicted octanol–water partition coefficient (Wildman–Crippen LogP) is 4.41. The fraction of sp³-hybridized carbons (Fsp3) is 0.182. The molecular weight excluding hydrogens is 452 g/mol. The maximum absolute atomic E-state index is 12.4. The summed E-state index contributed by atoms with van der Waals surface area (Å²) in [6.45, 7) is 2.66. The van der Waals surface area contributed by atoms with Crippen LogP contribution < -0.4 is 19.7 Å². The van der Waals surface area contributed by atoms with E-state index in [0.29, 0.717) is 34.9 Å². The van der Waals surface area contributed by atoms with Crippen LogP contribution in [0.4, 0.5) is 11.4 Å². The average Bonchev–Trinajstić information content (AvgIpc) is 3.16. The van der Waals surface area contributed by atoms with Crippen LogP contribution in [0, 0.1) is 6.92 Å². The molecule has 0 radical (unpaired) electrons. The van der Waals surface area contributed by atoms with E-state index in [9.17, 15) is 9.59 Å². The molecule has 0 unspecified atom stereocenters. The largest absolute Gasteiger partial charge is 0.492 e. The summed E-state index contributed by atoms with van der Waals surface area (Å²) in [6.07, 6.45) is 0. The van der Waals surface area contributed by atoms with Gasteiger partial charge in [0.25, 0.3) is 11.8 Å². The van der Waals surface area contributed by atoms with Crippen LogP contribution >= 0.6 is 15.9 Å². The molecule has 1 N–H and O–H groups in total. The molecule has 1 aliphatic rings. The van der Waals surface area contributed by atoms with E-state index in [1.807, 2.05) is 31.2 Å². The van der Waals surface area contributed by atoms with Gasteiger partial charge in [-0.3, -0.25) is 9.59 Å². The van der Waals surface area contributed by atoms with E-state index < -0.39 is 0 Å². The van der Waals surface area contributed by atoms with Gasteiger partial charge in [0.1, 0.15) is 18.1 Å². The Morgan fingerprint density at radius 1 is 1.20 bits per heavy atom. The smallest absolute Gasteiger partial charge is 0.291 e. The van der Waals surface area contributed by atoms with Gasteiger partial charge in [0.2, 0.25) is 0 Å². The molecule has 7 nitrogen and oxygen atoms in total. The van der Waals surface area contributed by atoms with Crippen molar-refractivity contribution < 1.29 is 23.5 Å². The van der Waals surface area contributed by atoms with E-state index in [2.05, 4.69) is 21.2 Å². The number of hydrogen-bond acceptors (Lipinski definition) is 5. The van der Waals surface area contributed by atoms with E-state index in [4.69, 9.17) is 13.9 Å². The first-order valence-corrected chi connectivity index (χ1v) is 10.1. The van der Waals surface area contributed by atoms with Crippen LogP contribution in [-0.2, 0) is 4.79 Å². The first-order valence-electron chi connectivity index (χ1n) is 9.33. The van der Waals surface area contributed by atoms with E-state index in [0.717, 1.165) is 11.3 Å². The first kappa shape index (κ1) is 20.0. The molecule has 0 atom stereocenters. The molecule has 3 aromatic rings. The lowest BCUT2D eigenvalue weighted by atomic mass is 10.2. The summed E-state index contributed by atoms with van der Waals surface area (Å²) in [5.74, 6) is 0.941. The summed E-state index contributed by atoms with van der Waals surface area (Å²) in [5.41, 5.74) is 2.28. The minimum Gasteiger partial charge on any atom is -0.492 e. The van der Waals surface area contributed by atoms with Crippen molar-refractivity contribution in [1.82, 2.24) is 0 Å². The second-order valence-electron chi connectivity index (χ2n) is 6.74. The summed E-state index contributed by atoms with van der Waals surface area (Å²) in [6, 6.07) is 16.1. The van der Waals surface area contributed by atoms with Crippen LogP contribution in [0.15, 0.2) is 63.7 Å². The zero-order valence-electron chi connectivity index (χ0n) is 16.2. The molecule has 0 saturated carbocycles. The molecule has 0 aliphatic carbocycles. The highest BCUT2D eigenvalue weighted by Gasteiger charge is 2.26. The fourth-order valence-corrected chi connectivity index (χ4v) is 3.42. The van der Waals surface area contributed by atoms with Gasteiger partial charge in [0.05, 0.1) is 12.2 Å². The van der Waals surface area contributed by atoms with Crippen molar-refractivity contribution in [2.75, 3.05) is 30.0 Å². The third-order valence-corrected chi connectivity index (χ3v) is 4.96. The lowest BCUT2D eigenvalue weighted by Crippen LogP contribution is -2.41. The van der Waals surface area contributed by atoms with Crippen molar-refractivity contribution in [2.45, 2.75) is 6.92 Å². The van der Waals surface area contributed by atoms with Crippen LogP contribution in [0.5, 0.6) is 11.5 Å². The number of carbonyl (C=O) groups is 2. The number of ether oxygens (including phenoxy) is 2. The first-order chi connectivity index (χ1) is 14.5. The van der Waals surface area contributed by atoms with Crippen molar-refractivity contribution in [3.63, 3.8) is 0 Å². The molecule has 8 heteroatoms. The monoisotopic (exact) mass is 470 g/mol. The Bertz CT molecular complexity index is 1090. The van der Waals surface area contributed by atoms with Gasteiger partial charge >= 0.3 is 0 Å². The van der Waals surface area contributed by atoms with Gasteiger partial charge in [-0.25, -0.2) is 0 Å². The van der Waals surface area contributed by atoms with Crippen LogP contribution in [0.2, 0.25) is 0 Å². The SMILES string of the molecule is Cc1cccc(OCCN2C(=O)COc3cc(NC(=O)c4ccc(Br)o4)ccc32)c1. The summed E-state index contributed by atoms with van der Waals surface area (Å²) >= 11 is 3.17. The number of anilines is 2. The number of rotatable bonds is 6. The molecule has 1 aliphatic heterocycles. The molecule has 0 fully saturated rings. The molecule has 30 heavy (non-hydrogen) atoms. The number of aryl methyl sites for hydroxylation is 1. The number of benzene rings is 2. The highest BCUT2D eigenvalue weighted by atomic mass is 79.9. The standard InChI is InChI=1S/C22H19BrN2O5/c1-14-3-2-4-16(11-14)28-10-9-25-17-6-5-15(12-19(17)29-13-21(25)26)24-22(27)18-7-8-20(23)30-18/h2-8,11-12H,9-10,13H2,1H3,(H,24,27). The maximum Gasteiger partial charge on any atom is 0.291 e. The molecule has 2 amide bonds. The minimum atomic E-state index is -0.379. The molecular formula is C22H19BrN2O5. The van der Waals surface area contributed by atoms with Crippen molar-refractivity contribution in [3.05, 3.63) is 70.6 Å². The fourth-order valence-electron chi connectivity index (χ4n) is 3.12. The number of nitrogens with zero attached hydrogens (tertiary/aromatic N) is 1. The van der Waals surface area contributed by atoms with Gasteiger partial charge in [-0.05, 0) is 64.8 Å². The topological polar surface area (TPSA) is 81.0 Å². The number of fused-ring (bicyclic) bond motifs is 1. The van der Waals surface area contributed by atoms with E-state index >= 15 is 0 Å². The van der Waals surface area contributed by atoms with E-state index in [1.165, 1.54) is 0 Å². The quantitative estimate of drug-likeness (QED) is 0.576. The minimum absolute atomic E-state index is 0.0695. The number of amides is 2. The molecule has 0 spiro atoms. The van der Waals surface area contributed by atoms with Crippen LogP contribution in [0.3, 0.4) is 0 Å². The maximum atomic E-state index is 12.4. The third-order valence-electron chi connectivity index (χ3n) is 4.53. The highest BCUT2D eigenvalue weighted by molar-refractivity contribution is 9.10. The van der Waals surface area contributed by atoms with Crippen molar-refractivity contribution >= 4 is 39.1 Å². The number of halogens is 1. The van der Waals surface area contributed by atoms with Crippen molar-refractivity contribution in [1.29, 1.82) is 0 Å². The summed E-state index contributed by atoms with van der Waals surface area (Å²) in [5, 5.41) is 2.76. The Hall–Kier alpha value is -3.26. The van der Waals surface area contributed by atoms with Gasteiger partial charge in [0.15, 0.2) is 17.0 Å². The highest BCUT2D eigenvalue weighted by Crippen LogP contribution is 2.34. The number of carbonyl (C=O) groups excluding carboxylic acids is 2. The van der Waals surface area contributed by atoms with Crippen molar-refractivity contribution in [2.24, 2.45) is 0 Å². The van der Waals surface area contributed by atoms with Gasteiger partial charge in [0, 0.05) is 11.8 Å². The zero-order chi connectivity index (χ0) is 21.1. The normalized spacial score (nSPS) is 12.9. The number of nitrogens with one attached hydrogen (secondary N) is 1. The van der Waals surface area contributed by atoms with Crippen LogP contribution in [-0.4, -0.2) is 31.6 Å². The Morgan fingerprint density at radius 3 is 2.83 bits per heavy atom. The summed E-state index contributed by atoms with van der Waals surface area (Å²) in [7, 11) is 0. The Kier molecular flexibility index (Phi) is 5.76. The van der Waals surface area contributed by atoms with Gasteiger partial charge in [-0.1, -0.05) is 12.1 Å². The van der Waals surface area contributed by atoms with Crippen LogP contribution in [0.1, 0.15) is 16.1 Å². The third kappa shape index (κ3) is 4.49. The predicted molar refractivity (Wildman–Crippen MR) is 115 cm³/mol. The number of hydrogen-bond donors (Lipinski definition) is 1. The van der Waals surface area contributed by atoms with E-state index in [-0.39, 0.29) is 24.2 Å².